The van der Waals surface area contributed by atoms with Crippen molar-refractivity contribution in [2.75, 3.05) is 25.9 Å². The Kier molecular flexibility index (Phi) is 6.01. The van der Waals surface area contributed by atoms with Crippen LogP contribution in [-0.2, 0) is 4.79 Å². The van der Waals surface area contributed by atoms with Gasteiger partial charge < -0.3 is 4.90 Å². The Balaban J connectivity index is 1.66. The Morgan fingerprint density at radius 3 is 2.60 bits per heavy atom. The summed E-state index contributed by atoms with van der Waals surface area (Å²) in [5, 5.41) is 1.92. The van der Waals surface area contributed by atoms with Crippen LogP contribution in [0.25, 0.3) is 0 Å². The molecule has 0 spiro atoms. The zero-order valence-electron chi connectivity index (χ0n) is 11.6. The number of hydrogen-bond donors (Lipinski definition) is 0. The summed E-state index contributed by atoms with van der Waals surface area (Å²) in [6.45, 7) is 1.42. The number of carbonyl (C=O) groups is 2. The van der Waals surface area contributed by atoms with E-state index in [2.05, 4.69) is 4.90 Å². The molecule has 0 fully saturated rings. The average molecular weight is 309 g/mol. The van der Waals surface area contributed by atoms with Crippen molar-refractivity contribution in [2.45, 2.75) is 19.3 Å². The van der Waals surface area contributed by atoms with E-state index < -0.39 is 0 Å². The number of allylic oxidation sites excluding steroid dienone is 2. The van der Waals surface area contributed by atoms with Gasteiger partial charge in [0.15, 0.2) is 11.6 Å². The van der Waals surface area contributed by atoms with E-state index in [9.17, 15) is 9.59 Å². The normalized spacial score (nSPS) is 14.6. The van der Waals surface area contributed by atoms with Gasteiger partial charge in [0.05, 0.1) is 4.88 Å². The van der Waals surface area contributed by atoms with Crippen molar-refractivity contribution in [2.24, 2.45) is 0 Å². The van der Waals surface area contributed by atoms with E-state index in [1.807, 2.05) is 30.6 Å². The molecule has 0 aromatic carbocycles. The van der Waals surface area contributed by atoms with Crippen molar-refractivity contribution in [1.29, 1.82) is 0 Å². The van der Waals surface area contributed by atoms with Crippen LogP contribution >= 0.6 is 23.1 Å². The lowest BCUT2D eigenvalue weighted by Crippen LogP contribution is -2.24. The molecule has 0 unspecified atom stereocenters. The molecule has 0 saturated carbocycles. The lowest BCUT2D eigenvalue weighted by molar-refractivity contribution is -0.115. The lowest BCUT2D eigenvalue weighted by Gasteiger charge is -2.15. The maximum Gasteiger partial charge on any atom is 0.174 e. The van der Waals surface area contributed by atoms with Gasteiger partial charge in [-0.25, -0.2) is 0 Å². The second-order valence-corrected chi connectivity index (χ2v) is 6.92. The van der Waals surface area contributed by atoms with E-state index in [0.717, 1.165) is 22.0 Å². The molecule has 3 nitrogen and oxygen atoms in total. The van der Waals surface area contributed by atoms with Gasteiger partial charge in [-0.05, 0) is 24.9 Å². The first-order valence-electron chi connectivity index (χ1n) is 6.78. The van der Waals surface area contributed by atoms with E-state index in [1.165, 1.54) is 11.3 Å². The molecule has 0 saturated heterocycles. The third kappa shape index (κ3) is 4.58. The van der Waals surface area contributed by atoms with Crippen LogP contribution in [0, 0.1) is 0 Å². The Hall–Kier alpha value is -0.910. The minimum Gasteiger partial charge on any atom is -0.305 e. The van der Waals surface area contributed by atoms with Gasteiger partial charge >= 0.3 is 0 Å². The number of thiophene rings is 1. The van der Waals surface area contributed by atoms with Crippen LogP contribution in [-0.4, -0.2) is 42.4 Å². The summed E-state index contributed by atoms with van der Waals surface area (Å²) in [6, 6.07) is 3.76. The zero-order chi connectivity index (χ0) is 14.4. The van der Waals surface area contributed by atoms with Crippen molar-refractivity contribution in [3.63, 3.8) is 0 Å². The number of thioether (sulfide) groups is 1. The number of ketones is 2. The highest BCUT2D eigenvalue weighted by Gasteiger charge is 2.15. The number of nitrogens with zero attached hydrogens (tertiary/aromatic N) is 1. The Morgan fingerprint density at radius 2 is 2.00 bits per heavy atom. The molecule has 0 radical (unpaired) electrons. The van der Waals surface area contributed by atoms with Crippen LogP contribution in [0.2, 0.25) is 0 Å². The van der Waals surface area contributed by atoms with Crippen LogP contribution in [0.1, 0.15) is 28.9 Å². The summed E-state index contributed by atoms with van der Waals surface area (Å²) in [5.41, 5.74) is 0. The van der Waals surface area contributed by atoms with Gasteiger partial charge in [0.25, 0.3) is 0 Å². The molecular weight excluding hydrogens is 290 g/mol. The van der Waals surface area contributed by atoms with Crippen molar-refractivity contribution in [3.8, 4) is 0 Å². The minimum absolute atomic E-state index is 0.187. The molecule has 0 N–H and O–H groups in total. The fraction of sp³-hybridized carbons (Fsp3) is 0.467. The molecule has 108 valence electrons. The molecule has 1 aliphatic heterocycles. The van der Waals surface area contributed by atoms with E-state index in [-0.39, 0.29) is 11.6 Å². The highest BCUT2D eigenvalue weighted by atomic mass is 32.2. The highest BCUT2D eigenvalue weighted by molar-refractivity contribution is 8.04. The van der Waals surface area contributed by atoms with Crippen molar-refractivity contribution in [1.82, 2.24) is 4.90 Å². The molecular formula is C15H19NO2S2. The molecule has 1 aromatic rings. The number of Topliss-reactive ketones (excluding diaryl/α,β-unsaturated/α-hetero) is 2. The summed E-state index contributed by atoms with van der Waals surface area (Å²) in [7, 11) is 1.96. The first-order valence-corrected chi connectivity index (χ1v) is 8.65. The first-order chi connectivity index (χ1) is 9.66. The average Bonchev–Trinajstić information content (AvgIpc) is 3.14. The molecule has 2 rings (SSSR count). The Bertz CT molecular complexity index is 494. The molecule has 0 aliphatic carbocycles. The topological polar surface area (TPSA) is 37.4 Å². The smallest absolute Gasteiger partial charge is 0.174 e. The van der Waals surface area contributed by atoms with E-state index >= 15 is 0 Å². The van der Waals surface area contributed by atoms with Crippen molar-refractivity contribution in [3.05, 3.63) is 33.4 Å². The standard InChI is InChI=1S/C15H19NO2S2/c1-16(8-6-12(17)14-4-2-10-19-14)9-7-13(18)15-5-3-11-20-15/h2,4-5,10H,3,6-9,11H2,1H3. The van der Waals surface area contributed by atoms with Gasteiger partial charge in [0, 0.05) is 36.6 Å². The third-order valence-corrected chi connectivity index (χ3v) is 5.27. The predicted octanol–water partition coefficient (Wildman–Crippen LogP) is 3.23. The lowest BCUT2D eigenvalue weighted by atomic mass is 10.2. The van der Waals surface area contributed by atoms with E-state index in [4.69, 9.17) is 0 Å². The zero-order valence-corrected chi connectivity index (χ0v) is 13.3. The highest BCUT2D eigenvalue weighted by Crippen LogP contribution is 2.26. The number of rotatable bonds is 8. The van der Waals surface area contributed by atoms with Gasteiger partial charge in [-0.3, -0.25) is 9.59 Å². The fourth-order valence-corrected chi connectivity index (χ4v) is 3.64. The van der Waals surface area contributed by atoms with Crippen molar-refractivity contribution >= 4 is 34.7 Å². The summed E-state index contributed by atoms with van der Waals surface area (Å²) in [4.78, 5) is 27.6. The molecule has 0 bridgehead atoms. The summed E-state index contributed by atoms with van der Waals surface area (Å²) in [6.07, 6.45) is 4.11. The molecule has 2 heterocycles. The number of hydrogen-bond acceptors (Lipinski definition) is 5. The van der Waals surface area contributed by atoms with Gasteiger partial charge in [0.2, 0.25) is 0 Å². The predicted molar refractivity (Wildman–Crippen MR) is 85.5 cm³/mol. The number of carbonyl (C=O) groups excluding carboxylic acids is 2. The molecule has 0 atom stereocenters. The van der Waals surface area contributed by atoms with Gasteiger partial charge in [-0.15, -0.1) is 23.1 Å². The maximum absolute atomic E-state index is 11.9. The molecule has 20 heavy (non-hydrogen) atoms. The summed E-state index contributed by atoms with van der Waals surface area (Å²) in [5.74, 6) is 1.46. The van der Waals surface area contributed by atoms with Crippen LogP contribution in [0.3, 0.4) is 0 Å². The summed E-state index contributed by atoms with van der Waals surface area (Å²) >= 11 is 3.14. The third-order valence-electron chi connectivity index (χ3n) is 3.22. The van der Waals surface area contributed by atoms with E-state index in [0.29, 0.717) is 25.9 Å². The molecule has 1 aromatic heterocycles. The van der Waals surface area contributed by atoms with Crippen LogP contribution in [0.4, 0.5) is 0 Å². The second-order valence-electron chi connectivity index (χ2n) is 4.83. The first kappa shape index (κ1) is 15.5. The quantitative estimate of drug-likeness (QED) is 0.691. The monoisotopic (exact) mass is 309 g/mol. The summed E-state index contributed by atoms with van der Waals surface area (Å²) < 4.78 is 0. The Morgan fingerprint density at radius 1 is 1.25 bits per heavy atom. The van der Waals surface area contributed by atoms with Gasteiger partial charge in [0.1, 0.15) is 0 Å². The SMILES string of the molecule is CN(CCC(=O)C1=CCCS1)CCC(=O)c1cccs1. The second kappa shape index (κ2) is 7.76. The van der Waals surface area contributed by atoms with Gasteiger partial charge in [-0.2, -0.15) is 0 Å². The molecule has 0 amide bonds. The van der Waals surface area contributed by atoms with Crippen molar-refractivity contribution < 1.29 is 9.59 Å². The van der Waals surface area contributed by atoms with E-state index in [1.54, 1.807) is 11.8 Å². The minimum atomic E-state index is 0.187. The van der Waals surface area contributed by atoms with Crippen LogP contribution in [0.5, 0.6) is 0 Å². The fourth-order valence-electron chi connectivity index (χ4n) is 1.99. The van der Waals surface area contributed by atoms with Crippen LogP contribution in [0.15, 0.2) is 28.5 Å². The molecule has 5 heteroatoms. The molecule has 1 aliphatic rings. The van der Waals surface area contributed by atoms with Crippen LogP contribution < -0.4 is 0 Å². The largest absolute Gasteiger partial charge is 0.305 e. The maximum atomic E-state index is 11.9. The van der Waals surface area contributed by atoms with Gasteiger partial charge in [-0.1, -0.05) is 12.1 Å². The Labute approximate surface area is 128 Å².